The quantitative estimate of drug-likeness (QED) is 0.638. The second kappa shape index (κ2) is 5.57. The number of rotatable bonds is 4. The molecule has 0 aliphatic carbocycles. The van der Waals surface area contributed by atoms with Crippen LogP contribution in [0.4, 0.5) is 0 Å². The van der Waals surface area contributed by atoms with E-state index in [2.05, 4.69) is 21.2 Å². The van der Waals surface area contributed by atoms with Gasteiger partial charge in [0.25, 0.3) is 0 Å². The maximum absolute atomic E-state index is 5.75. The normalized spacial score (nSPS) is 10.2. The van der Waals surface area contributed by atoms with Crippen LogP contribution in [-0.2, 0) is 6.54 Å². The molecule has 0 spiro atoms. The first-order valence-electron chi connectivity index (χ1n) is 3.84. The van der Waals surface area contributed by atoms with E-state index in [0.717, 1.165) is 23.4 Å². The van der Waals surface area contributed by atoms with E-state index in [1.54, 1.807) is 0 Å². The fraction of sp³-hybridized carbons (Fsp3) is 0.333. The van der Waals surface area contributed by atoms with Gasteiger partial charge in [0.2, 0.25) is 0 Å². The third-order valence-corrected chi connectivity index (χ3v) is 2.16. The zero-order chi connectivity index (χ0) is 8.81. The van der Waals surface area contributed by atoms with Gasteiger partial charge in [0.05, 0.1) is 0 Å². The summed E-state index contributed by atoms with van der Waals surface area (Å²) in [5, 5.41) is 5.06. The van der Waals surface area contributed by atoms with Crippen LogP contribution in [-0.4, -0.2) is 11.9 Å². The molecule has 3 heteroatoms. The van der Waals surface area contributed by atoms with Gasteiger partial charge in [0.15, 0.2) is 0 Å². The van der Waals surface area contributed by atoms with Crippen LogP contribution < -0.4 is 5.32 Å². The predicted molar refractivity (Wildman–Crippen MR) is 57.0 cm³/mol. The van der Waals surface area contributed by atoms with Crippen LogP contribution in [0.25, 0.3) is 0 Å². The van der Waals surface area contributed by atoms with Crippen molar-refractivity contribution < 1.29 is 0 Å². The monoisotopic (exact) mass is 247 g/mol. The largest absolute Gasteiger partial charge is 0.312 e. The lowest BCUT2D eigenvalue weighted by Gasteiger charge is -2.01. The Morgan fingerprint density at radius 1 is 1.25 bits per heavy atom. The first-order chi connectivity index (χ1) is 5.83. The molecule has 0 saturated heterocycles. The molecule has 0 aromatic heterocycles. The van der Waals surface area contributed by atoms with Gasteiger partial charge in [-0.15, -0.1) is 0 Å². The van der Waals surface area contributed by atoms with Crippen LogP contribution in [0.15, 0.2) is 24.3 Å². The molecule has 0 saturated carbocycles. The third-order valence-electron chi connectivity index (χ3n) is 1.51. The zero-order valence-electron chi connectivity index (χ0n) is 6.69. The Labute approximate surface area is 86.2 Å². The molecule has 12 heavy (non-hydrogen) atoms. The number of nitrogens with one attached hydrogen (secondary N) is 1. The molecule has 0 atom stereocenters. The van der Waals surface area contributed by atoms with Gasteiger partial charge in [-0.3, -0.25) is 0 Å². The van der Waals surface area contributed by atoms with E-state index < -0.39 is 0 Å². The van der Waals surface area contributed by atoms with Gasteiger partial charge in [-0.1, -0.05) is 39.7 Å². The van der Waals surface area contributed by atoms with Crippen LogP contribution in [0.5, 0.6) is 0 Å². The van der Waals surface area contributed by atoms with Crippen molar-refractivity contribution >= 4 is 27.5 Å². The Kier molecular flexibility index (Phi) is 4.66. The van der Waals surface area contributed by atoms with E-state index in [4.69, 9.17) is 11.6 Å². The second-order valence-electron chi connectivity index (χ2n) is 2.49. The van der Waals surface area contributed by atoms with Gasteiger partial charge >= 0.3 is 0 Å². The number of hydrogen-bond acceptors (Lipinski definition) is 1. The molecule has 0 radical (unpaired) electrons. The second-order valence-corrected chi connectivity index (χ2v) is 3.72. The average molecular weight is 249 g/mol. The lowest BCUT2D eigenvalue weighted by molar-refractivity contribution is 0.734. The van der Waals surface area contributed by atoms with Crippen LogP contribution >= 0.6 is 27.5 Å². The van der Waals surface area contributed by atoms with Crippen molar-refractivity contribution in [2.75, 3.05) is 11.9 Å². The van der Waals surface area contributed by atoms with E-state index in [1.165, 1.54) is 5.56 Å². The van der Waals surface area contributed by atoms with E-state index in [9.17, 15) is 0 Å². The van der Waals surface area contributed by atoms with E-state index in [0.29, 0.717) is 0 Å². The molecule has 1 nitrogen and oxygen atoms in total. The fourth-order valence-electron chi connectivity index (χ4n) is 0.902. The van der Waals surface area contributed by atoms with E-state index >= 15 is 0 Å². The minimum absolute atomic E-state index is 0.791. The highest BCUT2D eigenvalue weighted by atomic mass is 79.9. The van der Waals surface area contributed by atoms with Gasteiger partial charge in [0.1, 0.15) is 0 Å². The molecule has 0 unspecified atom stereocenters. The molecule has 0 aliphatic rings. The summed E-state index contributed by atoms with van der Waals surface area (Å²) in [4.78, 5) is 0. The molecule has 0 heterocycles. The summed E-state index contributed by atoms with van der Waals surface area (Å²) < 4.78 is 0. The standard InChI is InChI=1S/C9H11BrClN/c10-5-6-12-7-8-1-3-9(11)4-2-8/h1-4,12H,5-7H2. The smallest absolute Gasteiger partial charge is 0.0406 e. The van der Waals surface area contributed by atoms with Crippen molar-refractivity contribution in [3.63, 3.8) is 0 Å². The molecule has 0 fully saturated rings. The predicted octanol–water partition coefficient (Wildman–Crippen LogP) is 2.82. The molecule has 0 aliphatic heterocycles. The minimum Gasteiger partial charge on any atom is -0.312 e. The van der Waals surface area contributed by atoms with Crippen molar-refractivity contribution in [3.8, 4) is 0 Å². The topological polar surface area (TPSA) is 12.0 Å². The molecule has 1 N–H and O–H groups in total. The lowest BCUT2D eigenvalue weighted by Crippen LogP contribution is -2.15. The number of benzene rings is 1. The minimum atomic E-state index is 0.791. The molecule has 1 aromatic carbocycles. The molecule has 0 amide bonds. The van der Waals surface area contributed by atoms with Crippen molar-refractivity contribution in [3.05, 3.63) is 34.9 Å². The van der Waals surface area contributed by atoms with Crippen molar-refractivity contribution in [1.29, 1.82) is 0 Å². The Bertz CT molecular complexity index is 222. The van der Waals surface area contributed by atoms with Gasteiger partial charge in [-0.05, 0) is 17.7 Å². The first kappa shape index (κ1) is 10.0. The maximum Gasteiger partial charge on any atom is 0.0406 e. The Balaban J connectivity index is 2.37. The van der Waals surface area contributed by atoms with Crippen LogP contribution in [0.2, 0.25) is 5.02 Å². The van der Waals surface area contributed by atoms with E-state index in [1.807, 2.05) is 24.3 Å². The Hall–Kier alpha value is -0.0500. The van der Waals surface area contributed by atoms with Crippen LogP contribution in [0, 0.1) is 0 Å². The summed E-state index contributed by atoms with van der Waals surface area (Å²) in [6.45, 7) is 1.89. The van der Waals surface area contributed by atoms with Gasteiger partial charge < -0.3 is 5.32 Å². The molecule has 1 rings (SSSR count). The lowest BCUT2D eigenvalue weighted by atomic mass is 10.2. The summed E-state index contributed by atoms with van der Waals surface area (Å²) in [6, 6.07) is 7.88. The van der Waals surface area contributed by atoms with Crippen molar-refractivity contribution in [1.82, 2.24) is 5.32 Å². The number of alkyl halides is 1. The summed E-state index contributed by atoms with van der Waals surface area (Å²) in [6.07, 6.45) is 0. The summed E-state index contributed by atoms with van der Waals surface area (Å²) in [7, 11) is 0. The summed E-state index contributed by atoms with van der Waals surface area (Å²) in [5.41, 5.74) is 1.26. The van der Waals surface area contributed by atoms with Gasteiger partial charge in [-0.2, -0.15) is 0 Å². The van der Waals surface area contributed by atoms with E-state index in [-0.39, 0.29) is 0 Å². The maximum atomic E-state index is 5.75. The highest BCUT2D eigenvalue weighted by Crippen LogP contribution is 2.08. The summed E-state index contributed by atoms with van der Waals surface area (Å²) >= 11 is 9.10. The number of halogens is 2. The van der Waals surface area contributed by atoms with Gasteiger partial charge in [0, 0.05) is 23.4 Å². The molecule has 66 valence electrons. The fourth-order valence-corrected chi connectivity index (χ4v) is 1.31. The zero-order valence-corrected chi connectivity index (χ0v) is 9.03. The van der Waals surface area contributed by atoms with Crippen molar-refractivity contribution in [2.24, 2.45) is 0 Å². The first-order valence-corrected chi connectivity index (χ1v) is 5.34. The molecule has 1 aromatic rings. The highest BCUT2D eigenvalue weighted by molar-refractivity contribution is 9.09. The highest BCUT2D eigenvalue weighted by Gasteiger charge is 1.91. The SMILES string of the molecule is Clc1ccc(CNCCBr)cc1. The molecular weight excluding hydrogens is 237 g/mol. The molecule has 0 bridgehead atoms. The van der Waals surface area contributed by atoms with Gasteiger partial charge in [-0.25, -0.2) is 0 Å². The Morgan fingerprint density at radius 2 is 1.92 bits per heavy atom. The average Bonchev–Trinajstić information content (AvgIpc) is 2.09. The Morgan fingerprint density at radius 3 is 2.50 bits per heavy atom. The van der Waals surface area contributed by atoms with Crippen LogP contribution in [0.1, 0.15) is 5.56 Å². The third kappa shape index (κ3) is 3.57. The summed E-state index contributed by atoms with van der Waals surface area (Å²) in [5.74, 6) is 0. The molecular formula is C9H11BrClN. The number of hydrogen-bond donors (Lipinski definition) is 1. The van der Waals surface area contributed by atoms with Crippen molar-refractivity contribution in [2.45, 2.75) is 6.54 Å². The van der Waals surface area contributed by atoms with Crippen LogP contribution in [0.3, 0.4) is 0 Å².